The van der Waals surface area contributed by atoms with Gasteiger partial charge in [0.2, 0.25) is 0 Å². The first-order valence-corrected chi connectivity index (χ1v) is 10.3. The minimum atomic E-state index is -0.520. The summed E-state index contributed by atoms with van der Waals surface area (Å²) < 4.78 is 12.9. The van der Waals surface area contributed by atoms with E-state index in [0.29, 0.717) is 11.8 Å². The Bertz CT molecular complexity index is 648. The Morgan fingerprint density at radius 3 is 2.50 bits per heavy atom. The van der Waals surface area contributed by atoms with Gasteiger partial charge in [-0.25, -0.2) is 0 Å². The van der Waals surface area contributed by atoms with Crippen molar-refractivity contribution in [3.8, 4) is 0 Å². The summed E-state index contributed by atoms with van der Waals surface area (Å²) in [6.07, 6.45) is 8.26. The van der Waals surface area contributed by atoms with Crippen LogP contribution >= 0.6 is 0 Å². The Morgan fingerprint density at radius 2 is 1.85 bits per heavy atom. The predicted octanol–water partition coefficient (Wildman–Crippen LogP) is 4.85. The van der Waals surface area contributed by atoms with Gasteiger partial charge in [0, 0.05) is 10.8 Å². The van der Waals surface area contributed by atoms with Crippen LogP contribution in [0, 0.1) is 28.1 Å². The number of aliphatic hydroxyl groups excluding tert-OH is 1. The van der Waals surface area contributed by atoms with Crippen LogP contribution in [-0.2, 0) is 9.47 Å². The Morgan fingerprint density at radius 1 is 1.15 bits per heavy atom. The van der Waals surface area contributed by atoms with E-state index in [-0.39, 0.29) is 34.6 Å². The molecule has 1 N–H and O–H groups in total. The van der Waals surface area contributed by atoms with Crippen molar-refractivity contribution < 1.29 is 14.6 Å². The van der Waals surface area contributed by atoms with Gasteiger partial charge >= 0.3 is 0 Å². The van der Waals surface area contributed by atoms with E-state index >= 15 is 0 Å². The summed E-state index contributed by atoms with van der Waals surface area (Å²) >= 11 is 0. The van der Waals surface area contributed by atoms with E-state index in [0.717, 1.165) is 25.7 Å². The first-order valence-electron chi connectivity index (χ1n) is 10.3. The molecule has 146 valence electrons. The van der Waals surface area contributed by atoms with Crippen LogP contribution in [0.5, 0.6) is 0 Å². The smallest absolute Gasteiger partial charge is 0.163 e. The van der Waals surface area contributed by atoms with Crippen molar-refractivity contribution in [3.05, 3.63) is 24.3 Å². The third kappa shape index (κ3) is 2.50. The Labute approximate surface area is 158 Å². The highest BCUT2D eigenvalue weighted by molar-refractivity contribution is 5.31. The summed E-state index contributed by atoms with van der Waals surface area (Å²) in [5.74, 6) is 0.265. The molecule has 0 unspecified atom stereocenters. The highest BCUT2D eigenvalue weighted by Gasteiger charge is 2.66. The molecule has 3 aliphatic carbocycles. The average molecular weight is 361 g/mol. The summed E-state index contributed by atoms with van der Waals surface area (Å²) in [6, 6.07) is 0. The largest absolute Gasteiger partial charge is 0.389 e. The number of ether oxygens (including phenoxy) is 2. The van der Waals surface area contributed by atoms with E-state index in [9.17, 15) is 5.11 Å². The number of fused-ring (bicyclic) bond motifs is 5. The quantitative estimate of drug-likeness (QED) is 0.679. The van der Waals surface area contributed by atoms with E-state index in [4.69, 9.17) is 9.47 Å². The van der Waals surface area contributed by atoms with Gasteiger partial charge in [-0.3, -0.25) is 0 Å². The second-order valence-electron chi connectivity index (χ2n) is 10.9. The Balaban J connectivity index is 1.82. The molecule has 0 aromatic heterocycles. The topological polar surface area (TPSA) is 38.7 Å². The third-order valence-electron chi connectivity index (χ3n) is 8.15. The minimum Gasteiger partial charge on any atom is -0.389 e. The molecule has 1 saturated heterocycles. The maximum absolute atomic E-state index is 11.1. The van der Waals surface area contributed by atoms with Gasteiger partial charge in [0.15, 0.2) is 5.79 Å². The van der Waals surface area contributed by atoms with Gasteiger partial charge in [-0.2, -0.15) is 0 Å². The van der Waals surface area contributed by atoms with Crippen LogP contribution < -0.4 is 0 Å². The molecule has 0 bridgehead atoms. The van der Waals surface area contributed by atoms with Crippen LogP contribution in [0.1, 0.15) is 67.2 Å². The van der Waals surface area contributed by atoms with Gasteiger partial charge in [0.1, 0.15) is 0 Å². The fourth-order valence-corrected chi connectivity index (χ4v) is 6.92. The zero-order valence-corrected chi connectivity index (χ0v) is 17.3. The number of hydrogen-bond donors (Lipinski definition) is 1. The molecule has 26 heavy (non-hydrogen) atoms. The third-order valence-corrected chi connectivity index (χ3v) is 8.15. The minimum absolute atomic E-state index is 0.00620. The van der Waals surface area contributed by atoms with Crippen molar-refractivity contribution in [2.24, 2.45) is 28.1 Å². The molecule has 2 saturated carbocycles. The van der Waals surface area contributed by atoms with Crippen molar-refractivity contribution in [1.29, 1.82) is 0 Å². The molecule has 3 heteroatoms. The summed E-state index contributed by atoms with van der Waals surface area (Å²) in [6.45, 7) is 17.5. The van der Waals surface area contributed by atoms with Crippen molar-refractivity contribution in [1.82, 2.24) is 0 Å². The lowest BCUT2D eigenvalue weighted by Gasteiger charge is -2.63. The molecule has 1 heterocycles. The summed E-state index contributed by atoms with van der Waals surface area (Å²) in [5, 5.41) is 11.1. The second kappa shape index (κ2) is 5.46. The SMILES string of the molecule is C=C[C@]1(C)C=C2[C@@H](O)C[C@H]3C(C)(C)C[C@@H]4OC(C)(C)O[C@@H]4[C@]3(C)[C@H]2CC1. The van der Waals surface area contributed by atoms with Gasteiger partial charge in [-0.1, -0.05) is 39.8 Å². The van der Waals surface area contributed by atoms with Gasteiger partial charge in [0.05, 0.1) is 18.3 Å². The number of allylic oxidation sites excluding steroid dienone is 2. The summed E-state index contributed by atoms with van der Waals surface area (Å²) in [5.41, 5.74) is 1.34. The highest BCUT2D eigenvalue weighted by Crippen LogP contribution is 2.66. The molecule has 0 radical (unpaired) electrons. The zero-order valence-electron chi connectivity index (χ0n) is 17.3. The molecule has 0 spiro atoms. The van der Waals surface area contributed by atoms with Gasteiger partial charge in [-0.15, -0.1) is 6.58 Å². The van der Waals surface area contributed by atoms with Crippen molar-refractivity contribution >= 4 is 0 Å². The van der Waals surface area contributed by atoms with Gasteiger partial charge < -0.3 is 14.6 Å². The lowest BCUT2D eigenvalue weighted by molar-refractivity contribution is -0.185. The number of hydrogen-bond acceptors (Lipinski definition) is 3. The highest BCUT2D eigenvalue weighted by atomic mass is 16.8. The lowest BCUT2D eigenvalue weighted by atomic mass is 9.43. The van der Waals surface area contributed by atoms with Crippen LogP contribution in [0.2, 0.25) is 0 Å². The molecule has 3 nitrogen and oxygen atoms in total. The van der Waals surface area contributed by atoms with Gasteiger partial charge in [0.25, 0.3) is 0 Å². The molecular formula is C23H36O3. The molecule has 1 aliphatic heterocycles. The molecule has 0 aromatic rings. The fourth-order valence-electron chi connectivity index (χ4n) is 6.92. The average Bonchev–Trinajstić information content (AvgIpc) is 2.84. The van der Waals surface area contributed by atoms with Crippen molar-refractivity contribution in [2.45, 2.75) is 91.3 Å². The van der Waals surface area contributed by atoms with Crippen molar-refractivity contribution in [2.75, 3.05) is 0 Å². The maximum atomic E-state index is 11.1. The Hall–Kier alpha value is -0.640. The van der Waals surface area contributed by atoms with Gasteiger partial charge in [-0.05, 0) is 62.4 Å². The van der Waals surface area contributed by atoms with Crippen LogP contribution in [0.15, 0.2) is 24.3 Å². The maximum Gasteiger partial charge on any atom is 0.163 e. The van der Waals surface area contributed by atoms with Crippen LogP contribution in [0.25, 0.3) is 0 Å². The standard InChI is InChI=1S/C23H36O3/c1-8-22(6)10-9-15-14(12-22)16(24)11-18-20(2,3)13-17-19(23(15,18)7)26-21(4,5)25-17/h8,12,15-19,24H,1,9-11,13H2,2-7H3/t15-,16-,17-,18-,19-,22-,23+/m0/s1. The summed E-state index contributed by atoms with van der Waals surface area (Å²) in [4.78, 5) is 0. The van der Waals surface area contributed by atoms with Crippen LogP contribution in [0.3, 0.4) is 0 Å². The van der Waals surface area contributed by atoms with E-state index in [1.165, 1.54) is 5.57 Å². The number of rotatable bonds is 1. The molecule has 4 rings (SSSR count). The first-order chi connectivity index (χ1) is 11.9. The van der Waals surface area contributed by atoms with Crippen LogP contribution in [0.4, 0.5) is 0 Å². The lowest BCUT2D eigenvalue weighted by Crippen LogP contribution is -2.63. The second-order valence-corrected chi connectivity index (χ2v) is 10.9. The number of aliphatic hydroxyl groups is 1. The molecule has 0 aromatic carbocycles. The fraction of sp³-hybridized carbons (Fsp3) is 0.826. The Kier molecular flexibility index (Phi) is 3.93. The normalized spacial score (nSPS) is 51.7. The zero-order chi connectivity index (χ0) is 19.1. The molecule has 4 aliphatic rings. The van der Waals surface area contributed by atoms with E-state index in [2.05, 4.69) is 40.3 Å². The summed E-state index contributed by atoms with van der Waals surface area (Å²) in [7, 11) is 0. The molecule has 0 amide bonds. The molecular weight excluding hydrogens is 324 g/mol. The first kappa shape index (κ1) is 18.7. The van der Waals surface area contributed by atoms with E-state index < -0.39 is 5.79 Å². The van der Waals surface area contributed by atoms with Crippen molar-refractivity contribution in [3.63, 3.8) is 0 Å². The van der Waals surface area contributed by atoms with Crippen LogP contribution in [-0.4, -0.2) is 29.2 Å². The van der Waals surface area contributed by atoms with E-state index in [1.54, 1.807) is 0 Å². The molecule has 7 atom stereocenters. The predicted molar refractivity (Wildman–Crippen MR) is 104 cm³/mol. The van der Waals surface area contributed by atoms with E-state index in [1.807, 2.05) is 19.9 Å². The monoisotopic (exact) mass is 360 g/mol. The molecule has 3 fully saturated rings.